The van der Waals surface area contributed by atoms with Gasteiger partial charge in [-0.15, -0.1) is 11.3 Å². The summed E-state index contributed by atoms with van der Waals surface area (Å²) < 4.78 is 4.73. The molecule has 0 bridgehead atoms. The fourth-order valence-electron chi connectivity index (χ4n) is 2.22. The van der Waals surface area contributed by atoms with Crippen molar-refractivity contribution in [2.75, 3.05) is 7.11 Å². The lowest BCUT2D eigenvalue weighted by Crippen LogP contribution is -2.10. The summed E-state index contributed by atoms with van der Waals surface area (Å²) in [5.41, 5.74) is 0.981. The van der Waals surface area contributed by atoms with E-state index in [0.29, 0.717) is 20.7 Å². The molecule has 0 aliphatic carbocycles. The normalized spacial score (nSPS) is 11.7. The third-order valence-electron chi connectivity index (χ3n) is 3.38. The molecule has 3 aromatic heterocycles. The lowest BCUT2D eigenvalue weighted by molar-refractivity contribution is 0.0605. The summed E-state index contributed by atoms with van der Waals surface area (Å²) in [5, 5.41) is 0.641. The highest BCUT2D eigenvalue weighted by Gasteiger charge is 2.20. The van der Waals surface area contributed by atoms with Crippen LogP contribution in [0.4, 0.5) is 0 Å². The highest BCUT2D eigenvalue weighted by atomic mass is 35.5. The Morgan fingerprint density at radius 3 is 2.92 bits per heavy atom. The van der Waals surface area contributed by atoms with Crippen molar-refractivity contribution in [3.8, 4) is 0 Å². The molecule has 1 N–H and O–H groups in total. The number of aromatic nitrogens is 3. The van der Waals surface area contributed by atoms with Gasteiger partial charge in [-0.1, -0.05) is 17.7 Å². The molecule has 0 unspecified atom stereocenters. The largest absolute Gasteiger partial charge is 0.465 e. The number of ether oxygens (including phenoxy) is 1. The zero-order valence-electron chi connectivity index (χ0n) is 12.8. The monoisotopic (exact) mass is 361 g/mol. The number of carbonyl (C=O) groups is 1. The second-order valence-corrected chi connectivity index (χ2v) is 6.33. The van der Waals surface area contributed by atoms with Crippen LogP contribution in [0.25, 0.3) is 21.3 Å². The molecule has 3 aromatic rings. The molecule has 0 radical (unpaired) electrons. The maximum absolute atomic E-state index is 12.4. The molecule has 8 heteroatoms. The van der Waals surface area contributed by atoms with E-state index in [9.17, 15) is 9.59 Å². The number of hydrogen-bond donors (Lipinski definition) is 1. The molecule has 0 saturated heterocycles. The van der Waals surface area contributed by atoms with E-state index in [1.165, 1.54) is 7.11 Å². The Kier molecular flexibility index (Phi) is 4.46. The maximum Gasteiger partial charge on any atom is 0.348 e. The van der Waals surface area contributed by atoms with Crippen LogP contribution in [0.3, 0.4) is 0 Å². The molecule has 0 amide bonds. The van der Waals surface area contributed by atoms with E-state index >= 15 is 0 Å². The van der Waals surface area contributed by atoms with E-state index in [1.807, 2.05) is 6.07 Å². The number of halogens is 1. The average molecular weight is 362 g/mol. The van der Waals surface area contributed by atoms with Crippen LogP contribution in [0.5, 0.6) is 0 Å². The number of nitrogens with one attached hydrogen (secondary N) is 1. The fraction of sp³-hybridized carbons (Fsp3) is 0.125. The van der Waals surface area contributed by atoms with Gasteiger partial charge in [-0.2, -0.15) is 0 Å². The Bertz CT molecular complexity index is 1010. The highest BCUT2D eigenvalue weighted by molar-refractivity contribution is 7.20. The van der Waals surface area contributed by atoms with Gasteiger partial charge in [0.2, 0.25) is 0 Å². The lowest BCUT2D eigenvalue weighted by atomic mass is 10.2. The second kappa shape index (κ2) is 6.54. The van der Waals surface area contributed by atoms with E-state index in [-0.39, 0.29) is 16.4 Å². The summed E-state index contributed by atoms with van der Waals surface area (Å²) in [6.45, 7) is 1.69. The molecule has 122 valence electrons. The Labute approximate surface area is 145 Å². The van der Waals surface area contributed by atoms with Gasteiger partial charge in [0, 0.05) is 12.4 Å². The fourth-order valence-corrected chi connectivity index (χ4v) is 3.54. The SMILES string of the molecule is COC(=O)c1sc2nc(/C(Cl)=C/c3cccnc3)[nH]c(=O)c2c1C. The maximum atomic E-state index is 12.4. The number of aromatic amines is 1. The van der Waals surface area contributed by atoms with Crippen molar-refractivity contribution in [1.82, 2.24) is 15.0 Å². The van der Waals surface area contributed by atoms with Gasteiger partial charge in [0.05, 0.1) is 17.5 Å². The molecule has 3 rings (SSSR count). The van der Waals surface area contributed by atoms with Gasteiger partial charge in [-0.3, -0.25) is 9.78 Å². The number of H-pyrrole nitrogens is 1. The molecule has 0 aliphatic rings. The number of nitrogens with zero attached hydrogens (tertiary/aromatic N) is 2. The predicted molar refractivity (Wildman–Crippen MR) is 94.3 cm³/mol. The minimum atomic E-state index is -0.492. The number of fused-ring (bicyclic) bond motifs is 1. The predicted octanol–water partition coefficient (Wildman–Crippen LogP) is 3.21. The Hall–Kier alpha value is -2.51. The van der Waals surface area contributed by atoms with Crippen LogP contribution in [0.15, 0.2) is 29.3 Å². The van der Waals surface area contributed by atoms with Crippen molar-refractivity contribution >= 4 is 50.2 Å². The third kappa shape index (κ3) is 2.95. The van der Waals surface area contributed by atoms with Crippen molar-refractivity contribution in [1.29, 1.82) is 0 Å². The van der Waals surface area contributed by atoms with Crippen LogP contribution in [0.2, 0.25) is 0 Å². The summed E-state index contributed by atoms with van der Waals surface area (Å²) in [7, 11) is 1.29. The Morgan fingerprint density at radius 1 is 1.46 bits per heavy atom. The van der Waals surface area contributed by atoms with Gasteiger partial charge in [0.1, 0.15) is 9.71 Å². The summed E-state index contributed by atoms with van der Waals surface area (Å²) in [5.74, 6) is -0.260. The van der Waals surface area contributed by atoms with Crippen LogP contribution in [-0.2, 0) is 4.74 Å². The Balaban J connectivity index is 2.13. The van der Waals surface area contributed by atoms with Gasteiger partial charge in [0.25, 0.3) is 5.56 Å². The van der Waals surface area contributed by atoms with Crippen LogP contribution in [-0.4, -0.2) is 28.0 Å². The first-order valence-corrected chi connectivity index (χ1v) is 8.10. The molecule has 0 saturated carbocycles. The lowest BCUT2D eigenvalue weighted by Gasteiger charge is -2.00. The van der Waals surface area contributed by atoms with Crippen LogP contribution < -0.4 is 5.56 Å². The topological polar surface area (TPSA) is 84.9 Å². The van der Waals surface area contributed by atoms with Gasteiger partial charge in [0.15, 0.2) is 5.82 Å². The van der Waals surface area contributed by atoms with E-state index in [4.69, 9.17) is 16.3 Å². The summed E-state index contributed by atoms with van der Waals surface area (Å²) >= 11 is 7.37. The highest BCUT2D eigenvalue weighted by Crippen LogP contribution is 2.29. The van der Waals surface area contributed by atoms with Gasteiger partial charge >= 0.3 is 5.97 Å². The van der Waals surface area contributed by atoms with Crippen molar-refractivity contribution < 1.29 is 9.53 Å². The number of esters is 1. The molecule has 0 spiro atoms. The first-order valence-electron chi connectivity index (χ1n) is 6.90. The number of thiophene rings is 1. The van der Waals surface area contributed by atoms with E-state index in [1.54, 1.807) is 31.5 Å². The van der Waals surface area contributed by atoms with E-state index in [0.717, 1.165) is 16.9 Å². The summed E-state index contributed by atoms with van der Waals surface area (Å²) in [6.07, 6.45) is 4.95. The van der Waals surface area contributed by atoms with Crippen LogP contribution >= 0.6 is 22.9 Å². The zero-order chi connectivity index (χ0) is 17.3. The summed E-state index contributed by atoms with van der Waals surface area (Å²) in [4.78, 5) is 35.9. The molecule has 0 aliphatic heterocycles. The van der Waals surface area contributed by atoms with E-state index in [2.05, 4.69) is 15.0 Å². The molecule has 24 heavy (non-hydrogen) atoms. The standard InChI is InChI=1S/C16H12ClN3O3S/c1-8-11-14(21)19-13(10(17)6-9-4-3-5-18-7-9)20-15(11)24-12(8)16(22)23-2/h3-7H,1-2H3,(H,19,20,21)/b10-6-. The quantitative estimate of drug-likeness (QED) is 0.724. The van der Waals surface area contributed by atoms with Gasteiger partial charge < -0.3 is 9.72 Å². The van der Waals surface area contributed by atoms with Crippen molar-refractivity contribution in [3.05, 3.63) is 56.7 Å². The number of pyridine rings is 1. The molecule has 0 aromatic carbocycles. The summed E-state index contributed by atoms with van der Waals surface area (Å²) in [6, 6.07) is 3.61. The Morgan fingerprint density at radius 2 is 2.25 bits per heavy atom. The van der Waals surface area contributed by atoms with E-state index < -0.39 is 5.97 Å². The zero-order valence-corrected chi connectivity index (χ0v) is 14.4. The van der Waals surface area contributed by atoms with Crippen molar-refractivity contribution in [2.45, 2.75) is 6.92 Å². The van der Waals surface area contributed by atoms with Crippen LogP contribution in [0, 0.1) is 6.92 Å². The minimum absolute atomic E-state index is 0.232. The van der Waals surface area contributed by atoms with Crippen molar-refractivity contribution in [3.63, 3.8) is 0 Å². The molecule has 3 heterocycles. The number of aryl methyl sites for hydroxylation is 1. The minimum Gasteiger partial charge on any atom is -0.465 e. The number of methoxy groups -OCH3 is 1. The molecule has 0 fully saturated rings. The number of hydrogen-bond acceptors (Lipinski definition) is 6. The first-order chi connectivity index (χ1) is 11.5. The van der Waals surface area contributed by atoms with Crippen molar-refractivity contribution in [2.24, 2.45) is 0 Å². The smallest absolute Gasteiger partial charge is 0.348 e. The molecule has 0 atom stereocenters. The molecular weight excluding hydrogens is 350 g/mol. The second-order valence-electron chi connectivity index (χ2n) is 4.92. The average Bonchev–Trinajstić information content (AvgIpc) is 2.92. The molecule has 6 nitrogen and oxygen atoms in total. The number of carbonyl (C=O) groups excluding carboxylic acids is 1. The van der Waals surface area contributed by atoms with Gasteiger partial charge in [-0.25, -0.2) is 9.78 Å². The van der Waals surface area contributed by atoms with Crippen LogP contribution in [0.1, 0.15) is 26.6 Å². The third-order valence-corrected chi connectivity index (χ3v) is 4.83. The molecular formula is C16H12ClN3O3S. The van der Waals surface area contributed by atoms with Gasteiger partial charge in [-0.05, 0) is 30.2 Å². The number of rotatable bonds is 3. The first kappa shape index (κ1) is 16.4.